The molecule has 0 atom stereocenters. The highest BCUT2D eigenvalue weighted by Gasteiger charge is 2.14. The quantitative estimate of drug-likeness (QED) is 0.880. The van der Waals surface area contributed by atoms with Gasteiger partial charge in [-0.15, -0.1) is 10.2 Å². The Balaban J connectivity index is 2.21. The first-order chi connectivity index (χ1) is 8.60. The molecule has 1 amide bonds. The molecule has 0 aliphatic carbocycles. The molecule has 0 bridgehead atoms. The maximum atomic E-state index is 13.0. The number of ether oxygens (including phenoxy) is 1. The van der Waals surface area contributed by atoms with Crippen molar-refractivity contribution in [3.8, 4) is 5.75 Å². The van der Waals surface area contributed by atoms with Crippen LogP contribution in [0.1, 0.15) is 9.80 Å². The lowest BCUT2D eigenvalue weighted by Gasteiger charge is -2.08. The van der Waals surface area contributed by atoms with Gasteiger partial charge in [0.05, 0.1) is 12.8 Å². The number of amides is 1. The summed E-state index contributed by atoms with van der Waals surface area (Å²) in [4.78, 5) is 11.8. The van der Waals surface area contributed by atoms with Gasteiger partial charge in [0.1, 0.15) is 11.6 Å². The molecule has 1 aromatic heterocycles. The van der Waals surface area contributed by atoms with Crippen LogP contribution in [-0.2, 0) is 0 Å². The smallest absolute Gasteiger partial charge is 0.286 e. The number of nitrogens with zero attached hydrogens (tertiary/aromatic N) is 2. The van der Waals surface area contributed by atoms with Crippen LogP contribution in [0.3, 0.4) is 0 Å². The molecule has 94 valence electrons. The molecule has 18 heavy (non-hydrogen) atoms. The van der Waals surface area contributed by atoms with Crippen molar-refractivity contribution in [3.63, 3.8) is 0 Å². The van der Waals surface area contributed by atoms with Crippen molar-refractivity contribution in [2.24, 2.45) is 0 Å². The topological polar surface area (TPSA) is 90.1 Å². The first-order valence-electron chi connectivity index (χ1n) is 4.84. The van der Waals surface area contributed by atoms with Gasteiger partial charge in [-0.25, -0.2) is 4.39 Å². The van der Waals surface area contributed by atoms with E-state index in [4.69, 9.17) is 10.5 Å². The third kappa shape index (κ3) is 2.54. The highest BCUT2D eigenvalue weighted by molar-refractivity contribution is 7.16. The van der Waals surface area contributed by atoms with Gasteiger partial charge in [-0.1, -0.05) is 11.3 Å². The van der Waals surface area contributed by atoms with E-state index >= 15 is 0 Å². The van der Waals surface area contributed by atoms with Gasteiger partial charge in [-0.2, -0.15) is 0 Å². The molecule has 0 aliphatic heterocycles. The summed E-state index contributed by atoms with van der Waals surface area (Å²) in [6, 6.07) is 3.78. The zero-order valence-corrected chi connectivity index (χ0v) is 10.1. The maximum Gasteiger partial charge on any atom is 0.286 e. The van der Waals surface area contributed by atoms with Crippen LogP contribution in [0, 0.1) is 5.82 Å². The lowest BCUT2D eigenvalue weighted by molar-refractivity contribution is 0.102. The molecule has 3 N–H and O–H groups in total. The fourth-order valence-corrected chi connectivity index (χ4v) is 1.78. The molecule has 1 heterocycles. The number of carbonyl (C=O) groups excluding carboxylic acids is 1. The predicted molar refractivity (Wildman–Crippen MR) is 65.2 cm³/mol. The number of hydrogen-bond donors (Lipinski definition) is 2. The standard InChI is InChI=1S/C10H9FN4O2S/c1-17-7-4-5(11)2-3-6(7)13-8(16)9-14-15-10(12)18-9/h2-4H,1H3,(H2,12,15)(H,13,16). The van der Waals surface area contributed by atoms with Crippen LogP contribution in [-0.4, -0.2) is 23.2 Å². The SMILES string of the molecule is COc1cc(F)ccc1NC(=O)c1nnc(N)s1. The van der Waals surface area contributed by atoms with Crippen molar-refractivity contribution >= 4 is 28.1 Å². The zero-order valence-electron chi connectivity index (χ0n) is 9.31. The molecular formula is C10H9FN4O2S. The number of anilines is 2. The maximum absolute atomic E-state index is 13.0. The van der Waals surface area contributed by atoms with Gasteiger partial charge in [0.2, 0.25) is 10.1 Å². The van der Waals surface area contributed by atoms with Crippen LogP contribution in [0.2, 0.25) is 0 Å². The summed E-state index contributed by atoms with van der Waals surface area (Å²) in [5.74, 6) is -0.708. The first-order valence-corrected chi connectivity index (χ1v) is 5.65. The van der Waals surface area contributed by atoms with Gasteiger partial charge in [0, 0.05) is 6.07 Å². The van der Waals surface area contributed by atoms with Crippen molar-refractivity contribution < 1.29 is 13.9 Å². The van der Waals surface area contributed by atoms with Crippen LogP contribution in [0.15, 0.2) is 18.2 Å². The normalized spacial score (nSPS) is 10.1. The lowest BCUT2D eigenvalue weighted by Crippen LogP contribution is -2.12. The van der Waals surface area contributed by atoms with E-state index in [0.29, 0.717) is 5.69 Å². The average molecular weight is 268 g/mol. The molecule has 0 radical (unpaired) electrons. The fraction of sp³-hybridized carbons (Fsp3) is 0.100. The van der Waals surface area contributed by atoms with Crippen molar-refractivity contribution in [2.75, 3.05) is 18.2 Å². The minimum absolute atomic E-state index is 0.124. The Bertz CT molecular complexity index is 587. The van der Waals surface area contributed by atoms with Crippen LogP contribution in [0.25, 0.3) is 0 Å². The molecular weight excluding hydrogens is 259 g/mol. The van der Waals surface area contributed by atoms with E-state index in [1.54, 1.807) is 0 Å². The molecule has 0 fully saturated rings. The van der Waals surface area contributed by atoms with Gasteiger partial charge in [0.25, 0.3) is 5.91 Å². The molecule has 0 unspecified atom stereocenters. The van der Waals surface area contributed by atoms with Crippen LogP contribution >= 0.6 is 11.3 Å². The van der Waals surface area contributed by atoms with Crippen LogP contribution < -0.4 is 15.8 Å². The summed E-state index contributed by atoms with van der Waals surface area (Å²) >= 11 is 0.960. The molecule has 0 spiro atoms. The molecule has 6 nitrogen and oxygen atoms in total. The first kappa shape index (κ1) is 12.2. The monoisotopic (exact) mass is 268 g/mol. The number of methoxy groups -OCH3 is 1. The summed E-state index contributed by atoms with van der Waals surface area (Å²) in [6.07, 6.45) is 0. The Morgan fingerprint density at radius 2 is 2.28 bits per heavy atom. The van der Waals surface area contributed by atoms with Crippen molar-refractivity contribution in [1.29, 1.82) is 0 Å². The molecule has 2 aromatic rings. The molecule has 2 rings (SSSR count). The number of nitrogens with two attached hydrogens (primary N) is 1. The number of nitrogens with one attached hydrogen (secondary N) is 1. The molecule has 8 heteroatoms. The second kappa shape index (κ2) is 4.96. The van der Waals surface area contributed by atoms with E-state index in [1.807, 2.05) is 0 Å². The number of benzene rings is 1. The minimum Gasteiger partial charge on any atom is -0.494 e. The highest BCUT2D eigenvalue weighted by Crippen LogP contribution is 2.25. The summed E-state index contributed by atoms with van der Waals surface area (Å²) in [7, 11) is 1.38. The van der Waals surface area contributed by atoms with E-state index in [-0.39, 0.29) is 15.9 Å². The molecule has 0 saturated heterocycles. The van der Waals surface area contributed by atoms with Crippen LogP contribution in [0.4, 0.5) is 15.2 Å². The molecule has 1 aromatic carbocycles. The second-order valence-electron chi connectivity index (χ2n) is 3.24. The summed E-state index contributed by atoms with van der Waals surface area (Å²) < 4.78 is 17.9. The van der Waals surface area contributed by atoms with Gasteiger partial charge < -0.3 is 15.8 Å². The molecule has 0 saturated carbocycles. The Morgan fingerprint density at radius 3 is 2.89 bits per heavy atom. The zero-order chi connectivity index (χ0) is 13.1. The van der Waals surface area contributed by atoms with Crippen molar-refractivity contribution in [3.05, 3.63) is 29.0 Å². The van der Waals surface area contributed by atoms with Gasteiger partial charge >= 0.3 is 0 Å². The van der Waals surface area contributed by atoms with Crippen molar-refractivity contribution in [2.45, 2.75) is 0 Å². The fourth-order valence-electron chi connectivity index (χ4n) is 1.27. The van der Waals surface area contributed by atoms with Crippen LogP contribution in [0.5, 0.6) is 5.75 Å². The van der Waals surface area contributed by atoms with Crippen molar-refractivity contribution in [1.82, 2.24) is 10.2 Å². The highest BCUT2D eigenvalue weighted by atomic mass is 32.1. The van der Waals surface area contributed by atoms with E-state index in [2.05, 4.69) is 15.5 Å². The summed E-state index contributed by atoms with van der Waals surface area (Å²) in [5, 5.41) is 10.00. The van der Waals surface area contributed by atoms with E-state index in [0.717, 1.165) is 11.3 Å². The minimum atomic E-state index is -0.478. The largest absolute Gasteiger partial charge is 0.494 e. The third-order valence-electron chi connectivity index (χ3n) is 2.05. The number of rotatable bonds is 3. The Kier molecular flexibility index (Phi) is 3.38. The number of aromatic nitrogens is 2. The number of nitrogen functional groups attached to an aromatic ring is 1. The third-order valence-corrected chi connectivity index (χ3v) is 2.80. The Morgan fingerprint density at radius 1 is 1.50 bits per heavy atom. The molecule has 0 aliphatic rings. The van der Waals surface area contributed by atoms with Gasteiger partial charge in [-0.3, -0.25) is 4.79 Å². The van der Waals surface area contributed by atoms with E-state index in [9.17, 15) is 9.18 Å². The van der Waals surface area contributed by atoms with Gasteiger partial charge in [-0.05, 0) is 12.1 Å². The average Bonchev–Trinajstić information content (AvgIpc) is 2.78. The second-order valence-corrected chi connectivity index (χ2v) is 4.25. The Labute approximate surface area is 106 Å². The predicted octanol–water partition coefficient (Wildman–Crippen LogP) is 1.52. The van der Waals surface area contributed by atoms with E-state index in [1.165, 1.54) is 25.3 Å². The van der Waals surface area contributed by atoms with E-state index < -0.39 is 11.7 Å². The summed E-state index contributed by atoms with van der Waals surface area (Å²) in [5.41, 5.74) is 5.72. The lowest BCUT2D eigenvalue weighted by atomic mass is 10.3. The number of hydrogen-bond acceptors (Lipinski definition) is 6. The van der Waals surface area contributed by atoms with Gasteiger partial charge in [0.15, 0.2) is 0 Å². The number of halogens is 1. The number of carbonyl (C=O) groups is 1. The summed E-state index contributed by atoms with van der Waals surface area (Å²) in [6.45, 7) is 0. The Hall–Kier alpha value is -2.22.